The fraction of sp³-hybridized carbons (Fsp3) is 0.615. The zero-order chi connectivity index (χ0) is 15.4. The lowest BCUT2D eigenvalue weighted by molar-refractivity contribution is -0.129. The van der Waals surface area contributed by atoms with Gasteiger partial charge in [-0.1, -0.05) is 0 Å². The van der Waals surface area contributed by atoms with Crippen LogP contribution in [-0.2, 0) is 4.79 Å². The van der Waals surface area contributed by atoms with Crippen LogP contribution in [0.25, 0.3) is 0 Å². The van der Waals surface area contributed by atoms with Crippen molar-refractivity contribution in [3.05, 3.63) is 11.9 Å². The number of nitrogen functional groups attached to an aromatic ring is 1. The van der Waals surface area contributed by atoms with Gasteiger partial charge in [-0.3, -0.25) is 19.6 Å². The number of nitrogens with two attached hydrogens (primary N) is 1. The Morgan fingerprint density at radius 2 is 2.10 bits per heavy atom. The number of likely N-dealkylation sites (N-methyl/N-ethyl adjacent to an activating group) is 1. The van der Waals surface area contributed by atoms with E-state index in [1.165, 1.54) is 6.20 Å². The lowest BCUT2D eigenvalue weighted by atomic mass is 10.3. The van der Waals surface area contributed by atoms with E-state index >= 15 is 0 Å². The molecule has 116 valence electrons. The Bertz CT molecular complexity index is 513. The molecule has 0 bridgehead atoms. The van der Waals surface area contributed by atoms with Gasteiger partial charge < -0.3 is 15.5 Å². The molecule has 0 spiro atoms. The average Bonchev–Trinajstić information content (AvgIpc) is 2.73. The third-order valence-corrected chi connectivity index (χ3v) is 3.62. The van der Waals surface area contributed by atoms with Gasteiger partial charge in [0.05, 0.1) is 18.4 Å². The van der Waals surface area contributed by atoms with Gasteiger partial charge in [0.1, 0.15) is 5.69 Å². The van der Waals surface area contributed by atoms with Gasteiger partial charge in [0.15, 0.2) is 0 Å². The highest BCUT2D eigenvalue weighted by Crippen LogP contribution is 2.12. The Labute approximate surface area is 123 Å². The van der Waals surface area contributed by atoms with Crippen molar-refractivity contribution in [2.45, 2.75) is 6.42 Å². The Kier molecular flexibility index (Phi) is 4.79. The second-order valence-electron chi connectivity index (χ2n) is 5.41. The highest BCUT2D eigenvalue weighted by Gasteiger charge is 2.23. The van der Waals surface area contributed by atoms with Crippen molar-refractivity contribution in [2.75, 3.05) is 52.6 Å². The van der Waals surface area contributed by atoms with Crippen molar-refractivity contribution < 1.29 is 9.59 Å². The van der Waals surface area contributed by atoms with Crippen molar-refractivity contribution in [1.82, 2.24) is 24.9 Å². The topological polar surface area (TPSA) is 98.6 Å². The van der Waals surface area contributed by atoms with Crippen LogP contribution in [-0.4, -0.2) is 83.5 Å². The smallest absolute Gasteiger partial charge is 0.274 e. The minimum absolute atomic E-state index is 0.0765. The van der Waals surface area contributed by atoms with Gasteiger partial charge in [-0.25, -0.2) is 0 Å². The quantitative estimate of drug-likeness (QED) is 0.762. The lowest BCUT2D eigenvalue weighted by Crippen LogP contribution is -2.39. The average molecular weight is 294 g/mol. The normalized spacial score (nSPS) is 16.6. The Morgan fingerprint density at radius 1 is 1.33 bits per heavy atom. The van der Waals surface area contributed by atoms with E-state index in [4.69, 9.17) is 5.73 Å². The molecule has 1 saturated heterocycles. The fourth-order valence-corrected chi connectivity index (χ4v) is 2.29. The van der Waals surface area contributed by atoms with Gasteiger partial charge in [0.2, 0.25) is 5.91 Å². The molecule has 1 aromatic heterocycles. The summed E-state index contributed by atoms with van der Waals surface area (Å²) < 4.78 is 0. The number of carbonyl (C=O) groups is 2. The number of amides is 2. The van der Waals surface area contributed by atoms with Crippen LogP contribution in [0.5, 0.6) is 0 Å². The van der Waals surface area contributed by atoms with Gasteiger partial charge in [0.25, 0.3) is 5.91 Å². The first-order valence-corrected chi connectivity index (χ1v) is 6.99. The number of anilines is 1. The third-order valence-electron chi connectivity index (χ3n) is 3.62. The largest absolute Gasteiger partial charge is 0.396 e. The molecule has 2 rings (SSSR count). The maximum absolute atomic E-state index is 12.4. The van der Waals surface area contributed by atoms with Crippen LogP contribution in [0.2, 0.25) is 0 Å². The summed E-state index contributed by atoms with van der Waals surface area (Å²) >= 11 is 0. The van der Waals surface area contributed by atoms with E-state index in [0.717, 1.165) is 13.0 Å². The second-order valence-corrected chi connectivity index (χ2v) is 5.41. The molecule has 0 radical (unpaired) electrons. The summed E-state index contributed by atoms with van der Waals surface area (Å²) in [6.45, 7) is 3.12. The molecule has 0 unspecified atom stereocenters. The highest BCUT2D eigenvalue weighted by atomic mass is 16.2. The molecule has 1 fully saturated rings. The first-order chi connectivity index (χ1) is 9.99. The first kappa shape index (κ1) is 15.3. The minimum Gasteiger partial charge on any atom is -0.396 e. The molecule has 8 heteroatoms. The molecule has 1 aliphatic rings. The third kappa shape index (κ3) is 3.72. The number of aromatic nitrogens is 2. The van der Waals surface area contributed by atoms with Crippen LogP contribution < -0.4 is 5.73 Å². The summed E-state index contributed by atoms with van der Waals surface area (Å²) in [6, 6.07) is 0. The Hall–Kier alpha value is -2.09. The Morgan fingerprint density at radius 3 is 2.71 bits per heavy atom. The van der Waals surface area contributed by atoms with Crippen LogP contribution >= 0.6 is 0 Å². The number of H-pyrrole nitrogens is 1. The minimum atomic E-state index is -0.134. The summed E-state index contributed by atoms with van der Waals surface area (Å²) in [5.74, 6) is -0.0571. The highest BCUT2D eigenvalue weighted by molar-refractivity contribution is 5.97. The van der Waals surface area contributed by atoms with Crippen LogP contribution in [0.4, 0.5) is 5.69 Å². The molecular weight excluding hydrogens is 272 g/mol. The van der Waals surface area contributed by atoms with Crippen molar-refractivity contribution in [1.29, 1.82) is 0 Å². The van der Waals surface area contributed by atoms with E-state index < -0.39 is 0 Å². The fourth-order valence-electron chi connectivity index (χ4n) is 2.29. The number of aromatic amines is 1. The van der Waals surface area contributed by atoms with E-state index in [1.807, 2.05) is 0 Å². The Balaban J connectivity index is 1.93. The summed E-state index contributed by atoms with van der Waals surface area (Å²) in [6.07, 6.45) is 2.27. The van der Waals surface area contributed by atoms with E-state index in [2.05, 4.69) is 15.1 Å². The van der Waals surface area contributed by atoms with Gasteiger partial charge >= 0.3 is 0 Å². The maximum Gasteiger partial charge on any atom is 0.274 e. The molecule has 1 aliphatic heterocycles. The summed E-state index contributed by atoms with van der Waals surface area (Å²) in [5, 5.41) is 6.42. The molecule has 1 aromatic rings. The predicted molar refractivity (Wildman–Crippen MR) is 78.7 cm³/mol. The van der Waals surface area contributed by atoms with E-state index in [0.29, 0.717) is 37.6 Å². The molecule has 8 nitrogen and oxygen atoms in total. The number of nitrogens with one attached hydrogen (secondary N) is 1. The SMILES string of the molecule is CN(C)C(=O)CN1CCCN(C(=O)c2[nH]ncc2N)CC1. The summed E-state index contributed by atoms with van der Waals surface area (Å²) in [5.41, 5.74) is 6.42. The van der Waals surface area contributed by atoms with E-state index in [9.17, 15) is 9.59 Å². The number of hydrogen-bond donors (Lipinski definition) is 2. The zero-order valence-electron chi connectivity index (χ0n) is 12.5. The molecule has 0 aliphatic carbocycles. The molecule has 0 saturated carbocycles. The zero-order valence-corrected chi connectivity index (χ0v) is 12.5. The number of hydrogen-bond acceptors (Lipinski definition) is 5. The molecule has 0 aromatic carbocycles. The predicted octanol–water partition coefficient (Wildman–Crippen LogP) is -0.772. The van der Waals surface area contributed by atoms with Crippen LogP contribution in [0, 0.1) is 0 Å². The molecule has 21 heavy (non-hydrogen) atoms. The molecule has 2 amide bonds. The number of carbonyl (C=O) groups excluding carboxylic acids is 2. The van der Waals surface area contributed by atoms with E-state index in [1.54, 1.807) is 23.9 Å². The summed E-state index contributed by atoms with van der Waals surface area (Å²) in [7, 11) is 3.49. The van der Waals surface area contributed by atoms with Gasteiger partial charge in [0, 0.05) is 40.3 Å². The first-order valence-electron chi connectivity index (χ1n) is 6.99. The van der Waals surface area contributed by atoms with Crippen molar-refractivity contribution >= 4 is 17.5 Å². The molecular formula is C13H22N6O2. The molecule has 0 atom stereocenters. The molecule has 3 N–H and O–H groups in total. The van der Waals surface area contributed by atoms with Crippen LogP contribution in [0.1, 0.15) is 16.9 Å². The van der Waals surface area contributed by atoms with Crippen LogP contribution in [0.3, 0.4) is 0 Å². The maximum atomic E-state index is 12.4. The van der Waals surface area contributed by atoms with Crippen molar-refractivity contribution in [3.63, 3.8) is 0 Å². The van der Waals surface area contributed by atoms with Gasteiger partial charge in [-0.15, -0.1) is 0 Å². The van der Waals surface area contributed by atoms with Crippen molar-refractivity contribution in [3.8, 4) is 0 Å². The number of rotatable bonds is 3. The molecule has 2 heterocycles. The number of nitrogens with zero attached hydrogens (tertiary/aromatic N) is 4. The van der Waals surface area contributed by atoms with Gasteiger partial charge in [-0.2, -0.15) is 5.10 Å². The second kappa shape index (κ2) is 6.57. The lowest BCUT2D eigenvalue weighted by Gasteiger charge is -2.22. The summed E-state index contributed by atoms with van der Waals surface area (Å²) in [4.78, 5) is 29.5. The standard InChI is InChI=1S/C13H22N6O2/c1-17(2)11(20)9-18-4-3-5-19(7-6-18)13(21)12-10(14)8-15-16-12/h8H,3-7,9,14H2,1-2H3,(H,15,16). The monoisotopic (exact) mass is 294 g/mol. The van der Waals surface area contributed by atoms with Crippen molar-refractivity contribution in [2.24, 2.45) is 0 Å². The van der Waals surface area contributed by atoms with Crippen LogP contribution in [0.15, 0.2) is 6.20 Å². The van der Waals surface area contributed by atoms with E-state index in [-0.39, 0.29) is 11.8 Å². The van der Waals surface area contributed by atoms with Gasteiger partial charge in [-0.05, 0) is 6.42 Å².